The van der Waals surface area contributed by atoms with Crippen molar-refractivity contribution in [3.05, 3.63) is 30.3 Å². The zero-order chi connectivity index (χ0) is 14.7. The van der Waals surface area contributed by atoms with E-state index in [1.165, 1.54) is 6.42 Å². The van der Waals surface area contributed by atoms with Gasteiger partial charge in [0.05, 0.1) is 0 Å². The molecule has 3 nitrogen and oxygen atoms in total. The number of likely N-dealkylation sites (N-methyl/N-ethyl adjacent to an activating group) is 1. The third kappa shape index (κ3) is 15.7. The zero-order valence-electron chi connectivity index (χ0n) is 14.2. The van der Waals surface area contributed by atoms with Gasteiger partial charge in [-0.25, -0.2) is 0 Å². The van der Waals surface area contributed by atoms with Crippen LogP contribution in [0.5, 0.6) is 5.75 Å². The molecule has 0 aromatic heterocycles. The normalized spacial score (nSPS) is 10.9. The molecule has 126 valence electrons. The Kier molecular flexibility index (Phi) is 19.3. The quantitative estimate of drug-likeness (QED) is 0.784. The van der Waals surface area contributed by atoms with Crippen molar-refractivity contribution in [2.45, 2.75) is 26.3 Å². The monoisotopic (exact) mass is 338 g/mol. The summed E-state index contributed by atoms with van der Waals surface area (Å²) in [5, 5.41) is 0. The van der Waals surface area contributed by atoms with Crippen molar-refractivity contribution in [2.24, 2.45) is 0 Å². The average molecular weight is 339 g/mol. The summed E-state index contributed by atoms with van der Waals surface area (Å²) in [6, 6.07) is 10.6. The van der Waals surface area contributed by atoms with Gasteiger partial charge in [-0.3, -0.25) is 0 Å². The number of halogens is 2. The molecule has 5 heteroatoms. The van der Waals surface area contributed by atoms with Crippen molar-refractivity contribution in [1.82, 2.24) is 9.80 Å². The molecule has 1 aromatic rings. The third-order valence-corrected chi connectivity index (χ3v) is 3.02. The molecule has 1 rings (SSSR count). The molecule has 21 heavy (non-hydrogen) atoms. The molecule has 1 unspecified atom stereocenters. The molecule has 0 aliphatic carbocycles. The van der Waals surface area contributed by atoms with Gasteiger partial charge in [-0.1, -0.05) is 25.1 Å². The van der Waals surface area contributed by atoms with Crippen LogP contribution in [0, 0.1) is 0 Å². The van der Waals surface area contributed by atoms with Crippen molar-refractivity contribution in [3.8, 4) is 5.75 Å². The lowest BCUT2D eigenvalue weighted by Crippen LogP contribution is -2.23. The summed E-state index contributed by atoms with van der Waals surface area (Å²) in [4.78, 5) is 4.32. The highest BCUT2D eigenvalue weighted by atomic mass is 35.5. The van der Waals surface area contributed by atoms with E-state index in [1.807, 2.05) is 44.4 Å². The second-order valence-electron chi connectivity index (χ2n) is 5.19. The maximum atomic E-state index is 5.48. The van der Waals surface area contributed by atoms with E-state index in [2.05, 4.69) is 37.7 Å². The summed E-state index contributed by atoms with van der Waals surface area (Å²) in [5.41, 5.74) is 0. The van der Waals surface area contributed by atoms with Crippen LogP contribution < -0.4 is 4.74 Å². The molecule has 1 aromatic carbocycles. The van der Waals surface area contributed by atoms with Crippen molar-refractivity contribution >= 4 is 24.8 Å². The largest absolute Gasteiger partial charge is 0.492 e. The van der Waals surface area contributed by atoms with Crippen LogP contribution in [0.4, 0.5) is 0 Å². The van der Waals surface area contributed by atoms with Gasteiger partial charge in [0, 0.05) is 12.6 Å². The number of para-hydroxylation sites is 1. The molecule has 0 bridgehead atoms. The fourth-order valence-corrected chi connectivity index (χ4v) is 1.23. The lowest BCUT2D eigenvalue weighted by atomic mass is 10.2. The molecule has 0 saturated carbocycles. The van der Waals surface area contributed by atoms with Crippen LogP contribution in [-0.4, -0.2) is 57.2 Å². The van der Waals surface area contributed by atoms with Crippen LogP contribution >= 0.6 is 24.8 Å². The molecule has 0 amide bonds. The highest BCUT2D eigenvalue weighted by Crippen LogP contribution is 2.07. The van der Waals surface area contributed by atoms with Crippen LogP contribution in [0.3, 0.4) is 0 Å². The van der Waals surface area contributed by atoms with E-state index in [4.69, 9.17) is 4.74 Å². The first-order valence-corrected chi connectivity index (χ1v) is 6.96. The maximum absolute atomic E-state index is 5.48. The first-order valence-electron chi connectivity index (χ1n) is 6.96. The Bertz CT molecular complexity index is 308. The number of hydrogen-bond acceptors (Lipinski definition) is 3. The fraction of sp³-hybridized carbons (Fsp3) is 0.625. The molecule has 0 N–H and O–H groups in total. The summed E-state index contributed by atoms with van der Waals surface area (Å²) in [6.45, 7) is 6.12. The number of benzene rings is 1. The van der Waals surface area contributed by atoms with Gasteiger partial charge in [0.15, 0.2) is 0 Å². The first-order chi connectivity index (χ1) is 8.97. The summed E-state index contributed by atoms with van der Waals surface area (Å²) < 4.78 is 5.48. The van der Waals surface area contributed by atoms with Crippen LogP contribution in [0.25, 0.3) is 0 Å². The summed E-state index contributed by atoms with van der Waals surface area (Å²) >= 11 is 0. The molecular formula is C16H32Cl2N2O. The molecule has 0 aliphatic heterocycles. The van der Waals surface area contributed by atoms with Crippen LogP contribution in [0.1, 0.15) is 20.3 Å². The van der Waals surface area contributed by atoms with Crippen LogP contribution in [0.15, 0.2) is 30.3 Å². The van der Waals surface area contributed by atoms with Gasteiger partial charge >= 0.3 is 0 Å². The smallest absolute Gasteiger partial charge is 0.119 e. The number of ether oxygens (including phenoxy) is 1. The molecule has 0 aliphatic rings. The Hall–Kier alpha value is -0.480. The Balaban J connectivity index is -0.000000317. The fourth-order valence-electron chi connectivity index (χ4n) is 1.23. The minimum atomic E-state index is 0. The minimum absolute atomic E-state index is 0. The van der Waals surface area contributed by atoms with E-state index in [0.717, 1.165) is 24.9 Å². The number of rotatable bonds is 6. The third-order valence-electron chi connectivity index (χ3n) is 3.02. The Morgan fingerprint density at radius 3 is 1.86 bits per heavy atom. The maximum Gasteiger partial charge on any atom is 0.119 e. The highest BCUT2D eigenvalue weighted by Gasteiger charge is 1.97. The molecule has 0 spiro atoms. The van der Waals surface area contributed by atoms with Gasteiger partial charge in [-0.2, -0.15) is 0 Å². The van der Waals surface area contributed by atoms with E-state index in [1.54, 1.807) is 0 Å². The van der Waals surface area contributed by atoms with Gasteiger partial charge in [-0.05, 0) is 53.7 Å². The molecular weight excluding hydrogens is 307 g/mol. The van der Waals surface area contributed by atoms with Gasteiger partial charge in [0.1, 0.15) is 12.4 Å². The lowest BCUT2D eigenvalue weighted by molar-refractivity contribution is 0.261. The second-order valence-corrected chi connectivity index (χ2v) is 5.19. The van der Waals surface area contributed by atoms with Crippen molar-refractivity contribution in [2.75, 3.05) is 41.3 Å². The van der Waals surface area contributed by atoms with Crippen LogP contribution in [-0.2, 0) is 0 Å². The molecule has 0 heterocycles. The van der Waals surface area contributed by atoms with Gasteiger partial charge in [0.25, 0.3) is 0 Å². The second kappa shape index (κ2) is 15.9. The molecule has 0 saturated heterocycles. The minimum Gasteiger partial charge on any atom is -0.492 e. The predicted molar refractivity (Wildman–Crippen MR) is 98.4 cm³/mol. The lowest BCUT2D eigenvalue weighted by Gasteiger charge is -2.16. The van der Waals surface area contributed by atoms with E-state index < -0.39 is 0 Å². The van der Waals surface area contributed by atoms with E-state index >= 15 is 0 Å². The Morgan fingerprint density at radius 1 is 1.00 bits per heavy atom. The van der Waals surface area contributed by atoms with E-state index in [0.29, 0.717) is 0 Å². The van der Waals surface area contributed by atoms with Gasteiger partial charge in [0.2, 0.25) is 0 Å². The summed E-state index contributed by atoms with van der Waals surface area (Å²) in [5.74, 6) is 0.944. The molecule has 0 fully saturated rings. The summed E-state index contributed by atoms with van der Waals surface area (Å²) in [7, 11) is 8.28. The van der Waals surface area contributed by atoms with Crippen molar-refractivity contribution in [3.63, 3.8) is 0 Å². The first kappa shape index (κ1) is 25.5. The van der Waals surface area contributed by atoms with E-state index in [9.17, 15) is 0 Å². The standard InChI is InChI=1S/C10H15NO.C6H15N.2ClH/c1-11(2)8-9-12-10-6-4-3-5-7-10;1-5-6(2)7(3)4;;/h3-7H,8-9H2,1-2H3;6H,5H2,1-4H3;2*1H. The Labute approximate surface area is 143 Å². The van der Waals surface area contributed by atoms with Crippen molar-refractivity contribution < 1.29 is 4.74 Å². The predicted octanol–water partition coefficient (Wildman–Crippen LogP) is 3.82. The topological polar surface area (TPSA) is 15.7 Å². The molecule has 0 radical (unpaired) electrons. The number of nitrogens with zero attached hydrogens (tertiary/aromatic N) is 2. The SMILES string of the molecule is CCC(C)N(C)C.CN(C)CCOc1ccccc1.Cl.Cl. The van der Waals surface area contributed by atoms with Crippen LogP contribution in [0.2, 0.25) is 0 Å². The van der Waals surface area contributed by atoms with Crippen molar-refractivity contribution in [1.29, 1.82) is 0 Å². The van der Waals surface area contributed by atoms with E-state index in [-0.39, 0.29) is 24.8 Å². The van der Waals surface area contributed by atoms with Gasteiger partial charge in [-0.15, -0.1) is 24.8 Å². The summed E-state index contributed by atoms with van der Waals surface area (Å²) in [6.07, 6.45) is 1.24. The average Bonchev–Trinajstić information content (AvgIpc) is 2.39. The zero-order valence-corrected chi connectivity index (χ0v) is 15.8. The number of hydrogen-bond donors (Lipinski definition) is 0. The molecule has 1 atom stereocenters. The van der Waals surface area contributed by atoms with Gasteiger partial charge < -0.3 is 14.5 Å². The highest BCUT2D eigenvalue weighted by molar-refractivity contribution is 5.85. The Morgan fingerprint density at radius 2 is 1.52 bits per heavy atom.